The fraction of sp³-hybridized carbons (Fsp3) is 0.154. The van der Waals surface area contributed by atoms with Crippen molar-refractivity contribution < 1.29 is 9.12 Å². The molecule has 2 nitrogen and oxygen atoms in total. The summed E-state index contributed by atoms with van der Waals surface area (Å²) in [7, 11) is 0. The Hall–Kier alpha value is -1.90. The van der Waals surface area contributed by atoms with Crippen molar-refractivity contribution >= 4 is 0 Å². The minimum atomic E-state index is -0.265. The molecule has 0 aliphatic rings. The summed E-state index contributed by atoms with van der Waals surface area (Å²) in [4.78, 5) is 0. The van der Waals surface area contributed by atoms with Crippen LogP contribution in [0.3, 0.4) is 0 Å². The third kappa shape index (κ3) is 2.03. The van der Waals surface area contributed by atoms with E-state index in [0.29, 0.717) is 5.69 Å². The predicted molar refractivity (Wildman–Crippen MR) is 59.3 cm³/mol. The van der Waals surface area contributed by atoms with Gasteiger partial charge in [-0.1, -0.05) is 12.1 Å². The molecule has 0 radical (unpaired) electrons. The van der Waals surface area contributed by atoms with Gasteiger partial charge in [0.1, 0.15) is 5.82 Å². The second kappa shape index (κ2) is 4.31. The standard InChI is InChI=1S/C13H12FNO/c1-10(11-5-7-12(14)8-6-11)13-4-2-3-9-15(13)16/h2-10H,1H3. The number of benzene rings is 1. The number of hydrogen-bond donors (Lipinski definition) is 0. The first-order valence-electron chi connectivity index (χ1n) is 5.12. The lowest BCUT2D eigenvalue weighted by Crippen LogP contribution is -2.32. The minimum absolute atomic E-state index is 0.0423. The summed E-state index contributed by atoms with van der Waals surface area (Å²) in [5.74, 6) is -0.307. The zero-order valence-corrected chi connectivity index (χ0v) is 8.93. The van der Waals surface area contributed by atoms with Gasteiger partial charge in [0.15, 0.2) is 11.9 Å². The van der Waals surface area contributed by atoms with E-state index >= 15 is 0 Å². The Morgan fingerprint density at radius 1 is 1.12 bits per heavy atom. The highest BCUT2D eigenvalue weighted by Gasteiger charge is 2.15. The zero-order valence-electron chi connectivity index (χ0n) is 8.93. The summed E-state index contributed by atoms with van der Waals surface area (Å²) >= 11 is 0. The Balaban J connectivity index is 2.35. The molecular weight excluding hydrogens is 205 g/mol. The molecule has 2 aromatic rings. The summed E-state index contributed by atoms with van der Waals surface area (Å²) in [6.07, 6.45) is 1.47. The highest BCUT2D eigenvalue weighted by molar-refractivity contribution is 5.26. The van der Waals surface area contributed by atoms with E-state index in [-0.39, 0.29) is 11.7 Å². The van der Waals surface area contributed by atoms with Crippen molar-refractivity contribution in [3.63, 3.8) is 0 Å². The van der Waals surface area contributed by atoms with Crippen LogP contribution in [0.15, 0.2) is 48.7 Å². The maximum atomic E-state index is 12.8. The molecule has 0 amide bonds. The van der Waals surface area contributed by atoms with Gasteiger partial charge in [0, 0.05) is 12.1 Å². The van der Waals surface area contributed by atoms with Gasteiger partial charge in [-0.2, -0.15) is 4.73 Å². The lowest BCUT2D eigenvalue weighted by molar-refractivity contribution is -0.614. The Bertz CT molecular complexity index is 482. The van der Waals surface area contributed by atoms with E-state index in [1.54, 1.807) is 24.3 Å². The van der Waals surface area contributed by atoms with Crippen LogP contribution in [-0.2, 0) is 0 Å². The quantitative estimate of drug-likeness (QED) is 0.561. The summed E-state index contributed by atoms with van der Waals surface area (Å²) in [5, 5.41) is 11.5. The lowest BCUT2D eigenvalue weighted by atomic mass is 9.97. The maximum Gasteiger partial charge on any atom is 0.199 e. The molecule has 3 heteroatoms. The monoisotopic (exact) mass is 217 g/mol. The van der Waals surface area contributed by atoms with Crippen molar-refractivity contribution in [2.45, 2.75) is 12.8 Å². The Morgan fingerprint density at radius 3 is 2.44 bits per heavy atom. The molecule has 0 N–H and O–H groups in total. The van der Waals surface area contributed by atoms with E-state index in [9.17, 15) is 9.60 Å². The van der Waals surface area contributed by atoms with Crippen LogP contribution in [0.25, 0.3) is 0 Å². The smallest absolute Gasteiger partial charge is 0.199 e. The number of pyridine rings is 1. The number of aromatic nitrogens is 1. The van der Waals surface area contributed by atoms with Crippen LogP contribution in [-0.4, -0.2) is 0 Å². The van der Waals surface area contributed by atoms with Crippen molar-refractivity contribution in [3.8, 4) is 0 Å². The molecular formula is C13H12FNO. The van der Waals surface area contributed by atoms with Crippen LogP contribution < -0.4 is 4.73 Å². The fourth-order valence-electron chi connectivity index (χ4n) is 1.70. The molecule has 82 valence electrons. The molecule has 1 atom stereocenters. The predicted octanol–water partition coefficient (Wildman–Crippen LogP) is 2.61. The molecule has 16 heavy (non-hydrogen) atoms. The molecule has 0 saturated heterocycles. The van der Waals surface area contributed by atoms with Gasteiger partial charge in [-0.05, 0) is 30.7 Å². The van der Waals surface area contributed by atoms with E-state index in [0.717, 1.165) is 10.3 Å². The third-order valence-electron chi connectivity index (χ3n) is 2.67. The summed E-state index contributed by atoms with van der Waals surface area (Å²) in [5.41, 5.74) is 1.59. The van der Waals surface area contributed by atoms with E-state index < -0.39 is 0 Å². The van der Waals surface area contributed by atoms with Crippen LogP contribution in [0.1, 0.15) is 24.1 Å². The van der Waals surface area contributed by atoms with Gasteiger partial charge >= 0.3 is 0 Å². The van der Waals surface area contributed by atoms with Gasteiger partial charge in [0.25, 0.3) is 0 Å². The van der Waals surface area contributed by atoms with E-state index in [1.807, 2.05) is 13.0 Å². The van der Waals surface area contributed by atoms with Gasteiger partial charge in [-0.3, -0.25) is 0 Å². The van der Waals surface area contributed by atoms with E-state index in [4.69, 9.17) is 0 Å². The number of rotatable bonds is 2. The van der Waals surface area contributed by atoms with Gasteiger partial charge < -0.3 is 5.21 Å². The van der Waals surface area contributed by atoms with Crippen LogP contribution in [0.2, 0.25) is 0 Å². The van der Waals surface area contributed by atoms with Crippen molar-refractivity contribution in [1.29, 1.82) is 0 Å². The van der Waals surface area contributed by atoms with Gasteiger partial charge in [-0.15, -0.1) is 0 Å². The minimum Gasteiger partial charge on any atom is -0.618 e. The first-order valence-corrected chi connectivity index (χ1v) is 5.12. The molecule has 1 aromatic carbocycles. The molecule has 0 spiro atoms. The molecule has 0 saturated carbocycles. The van der Waals surface area contributed by atoms with Crippen LogP contribution >= 0.6 is 0 Å². The first kappa shape index (κ1) is 10.6. The largest absolute Gasteiger partial charge is 0.618 e. The van der Waals surface area contributed by atoms with Crippen molar-refractivity contribution in [2.75, 3.05) is 0 Å². The first-order chi connectivity index (χ1) is 7.68. The number of nitrogens with zero attached hydrogens (tertiary/aromatic N) is 1. The zero-order chi connectivity index (χ0) is 11.5. The van der Waals surface area contributed by atoms with Crippen LogP contribution in [0.5, 0.6) is 0 Å². The topological polar surface area (TPSA) is 26.9 Å². The fourth-order valence-corrected chi connectivity index (χ4v) is 1.70. The Kier molecular flexibility index (Phi) is 2.86. The van der Waals surface area contributed by atoms with Crippen LogP contribution in [0, 0.1) is 11.0 Å². The lowest BCUT2D eigenvalue weighted by Gasteiger charge is -2.11. The van der Waals surface area contributed by atoms with E-state index in [2.05, 4.69) is 0 Å². The molecule has 1 heterocycles. The average molecular weight is 217 g/mol. The molecule has 0 aliphatic carbocycles. The number of hydrogen-bond acceptors (Lipinski definition) is 1. The summed E-state index contributed by atoms with van der Waals surface area (Å²) in [6.45, 7) is 1.93. The highest BCUT2D eigenvalue weighted by atomic mass is 19.1. The second-order valence-corrected chi connectivity index (χ2v) is 3.72. The molecule has 1 unspecified atom stereocenters. The molecule has 0 aliphatic heterocycles. The van der Waals surface area contributed by atoms with Crippen molar-refractivity contribution in [2.24, 2.45) is 0 Å². The van der Waals surface area contributed by atoms with Gasteiger partial charge in [0.2, 0.25) is 0 Å². The summed E-state index contributed by atoms with van der Waals surface area (Å²) in [6, 6.07) is 11.5. The Labute approximate surface area is 93.6 Å². The molecule has 1 aromatic heterocycles. The summed E-state index contributed by atoms with van der Waals surface area (Å²) < 4.78 is 13.6. The molecule has 2 rings (SSSR count). The third-order valence-corrected chi connectivity index (χ3v) is 2.67. The second-order valence-electron chi connectivity index (χ2n) is 3.72. The van der Waals surface area contributed by atoms with Crippen LogP contribution in [0.4, 0.5) is 4.39 Å². The average Bonchev–Trinajstić information content (AvgIpc) is 2.30. The van der Waals surface area contributed by atoms with Crippen molar-refractivity contribution in [3.05, 3.63) is 70.9 Å². The van der Waals surface area contributed by atoms with Gasteiger partial charge in [0.05, 0.1) is 5.92 Å². The van der Waals surface area contributed by atoms with Gasteiger partial charge in [-0.25, -0.2) is 4.39 Å². The highest BCUT2D eigenvalue weighted by Crippen LogP contribution is 2.21. The number of halogens is 1. The normalized spacial score (nSPS) is 12.4. The SMILES string of the molecule is CC(c1ccc(F)cc1)c1cccc[n+]1[O-]. The molecule has 0 fully saturated rings. The maximum absolute atomic E-state index is 12.8. The Morgan fingerprint density at radius 2 is 1.81 bits per heavy atom. The van der Waals surface area contributed by atoms with E-state index in [1.165, 1.54) is 18.3 Å². The van der Waals surface area contributed by atoms with Crippen molar-refractivity contribution in [1.82, 2.24) is 0 Å². The molecule has 0 bridgehead atoms.